The summed E-state index contributed by atoms with van der Waals surface area (Å²) in [6, 6.07) is -1.40. The molecule has 0 aromatic rings. The van der Waals surface area contributed by atoms with Crippen LogP contribution in [0.25, 0.3) is 0 Å². The first kappa shape index (κ1) is 17.2. The number of rotatable bonds is 7. The number of carboxylic acids is 1. The fourth-order valence-corrected chi connectivity index (χ4v) is 1.45. The van der Waals surface area contributed by atoms with E-state index in [4.69, 9.17) is 5.11 Å². The van der Waals surface area contributed by atoms with Gasteiger partial charge in [0.15, 0.2) is 0 Å². The maximum atomic E-state index is 11.8. The molecule has 0 aromatic heterocycles. The number of nitrogens with one attached hydrogen (secondary N) is 2. The van der Waals surface area contributed by atoms with Crippen LogP contribution in [0.1, 0.15) is 26.7 Å². The SMILES string of the molecule is CNC(=O)CCN(C)C(=O)N[C@@H](CC(C)C)C(=O)O. The molecule has 0 radical (unpaired) electrons. The van der Waals surface area contributed by atoms with E-state index in [0.717, 1.165) is 0 Å². The van der Waals surface area contributed by atoms with Gasteiger partial charge < -0.3 is 20.6 Å². The number of nitrogens with zero attached hydrogens (tertiary/aromatic N) is 1. The van der Waals surface area contributed by atoms with Gasteiger partial charge in [0, 0.05) is 27.1 Å². The minimum absolute atomic E-state index is 0.164. The van der Waals surface area contributed by atoms with Crippen molar-refractivity contribution in [3.8, 4) is 0 Å². The Bertz CT molecular complexity index is 331. The lowest BCUT2D eigenvalue weighted by atomic mass is 10.0. The van der Waals surface area contributed by atoms with Gasteiger partial charge in [-0.1, -0.05) is 13.8 Å². The van der Waals surface area contributed by atoms with Crippen LogP contribution in [-0.4, -0.2) is 54.6 Å². The van der Waals surface area contributed by atoms with Gasteiger partial charge in [0.2, 0.25) is 5.91 Å². The lowest BCUT2D eigenvalue weighted by Gasteiger charge is -2.22. The molecule has 0 aromatic carbocycles. The Labute approximate surface area is 113 Å². The Kier molecular flexibility index (Phi) is 7.55. The van der Waals surface area contributed by atoms with E-state index in [1.54, 1.807) is 0 Å². The number of amides is 3. The molecule has 0 aliphatic carbocycles. The monoisotopic (exact) mass is 273 g/mol. The van der Waals surface area contributed by atoms with Crippen LogP contribution >= 0.6 is 0 Å². The van der Waals surface area contributed by atoms with Crippen molar-refractivity contribution in [2.24, 2.45) is 5.92 Å². The molecule has 0 aliphatic heterocycles. The second-order valence-corrected chi connectivity index (χ2v) is 4.81. The van der Waals surface area contributed by atoms with E-state index in [2.05, 4.69) is 10.6 Å². The fraction of sp³-hybridized carbons (Fsp3) is 0.750. The standard InChI is InChI=1S/C12H23N3O4/c1-8(2)7-9(11(17)18)14-12(19)15(4)6-5-10(16)13-3/h8-9H,5-7H2,1-4H3,(H,13,16)(H,14,19)(H,17,18)/t9-/m0/s1. The molecule has 0 saturated carbocycles. The fourth-order valence-electron chi connectivity index (χ4n) is 1.45. The Morgan fingerprint density at radius 1 is 1.26 bits per heavy atom. The summed E-state index contributed by atoms with van der Waals surface area (Å²) in [5, 5.41) is 13.9. The van der Waals surface area contributed by atoms with E-state index in [9.17, 15) is 14.4 Å². The van der Waals surface area contributed by atoms with Crippen LogP contribution in [0.3, 0.4) is 0 Å². The Morgan fingerprint density at radius 3 is 2.26 bits per heavy atom. The highest BCUT2D eigenvalue weighted by Gasteiger charge is 2.22. The molecule has 0 unspecified atom stereocenters. The van der Waals surface area contributed by atoms with E-state index in [1.807, 2.05) is 13.8 Å². The molecule has 0 fully saturated rings. The van der Waals surface area contributed by atoms with Crippen LogP contribution < -0.4 is 10.6 Å². The topological polar surface area (TPSA) is 98.7 Å². The van der Waals surface area contributed by atoms with E-state index >= 15 is 0 Å². The summed E-state index contributed by atoms with van der Waals surface area (Å²) >= 11 is 0. The molecule has 0 spiro atoms. The second-order valence-electron chi connectivity index (χ2n) is 4.81. The Balaban J connectivity index is 4.31. The highest BCUT2D eigenvalue weighted by atomic mass is 16.4. The second kappa shape index (κ2) is 8.34. The molecular formula is C12H23N3O4. The average Bonchev–Trinajstić information content (AvgIpc) is 2.33. The normalized spacial score (nSPS) is 11.8. The summed E-state index contributed by atoms with van der Waals surface area (Å²) in [5.74, 6) is -1.06. The smallest absolute Gasteiger partial charge is 0.326 e. The summed E-state index contributed by atoms with van der Waals surface area (Å²) in [6.07, 6.45) is 0.548. The minimum Gasteiger partial charge on any atom is -0.480 e. The number of carbonyl (C=O) groups is 3. The number of aliphatic carboxylic acids is 1. The minimum atomic E-state index is -1.05. The summed E-state index contributed by atoms with van der Waals surface area (Å²) in [6.45, 7) is 4.01. The number of urea groups is 1. The van der Waals surface area contributed by atoms with Crippen molar-refractivity contribution in [1.82, 2.24) is 15.5 Å². The van der Waals surface area contributed by atoms with Gasteiger partial charge in [0.05, 0.1) is 0 Å². The summed E-state index contributed by atoms with van der Waals surface area (Å²) in [7, 11) is 3.04. The third kappa shape index (κ3) is 7.28. The van der Waals surface area contributed by atoms with Gasteiger partial charge >= 0.3 is 12.0 Å². The molecule has 19 heavy (non-hydrogen) atoms. The maximum absolute atomic E-state index is 11.8. The van der Waals surface area contributed by atoms with Crippen LogP contribution in [0, 0.1) is 5.92 Å². The van der Waals surface area contributed by atoms with Crippen LogP contribution in [0.15, 0.2) is 0 Å². The van der Waals surface area contributed by atoms with Crippen molar-refractivity contribution >= 4 is 17.9 Å². The third-order valence-corrected chi connectivity index (χ3v) is 2.60. The van der Waals surface area contributed by atoms with Gasteiger partial charge in [-0.2, -0.15) is 0 Å². The van der Waals surface area contributed by atoms with Gasteiger partial charge in [0.1, 0.15) is 6.04 Å². The van der Waals surface area contributed by atoms with Crippen molar-refractivity contribution < 1.29 is 19.5 Å². The summed E-state index contributed by atoms with van der Waals surface area (Å²) in [4.78, 5) is 35.1. The zero-order valence-electron chi connectivity index (χ0n) is 11.9. The van der Waals surface area contributed by atoms with Crippen LogP contribution in [-0.2, 0) is 9.59 Å². The lowest BCUT2D eigenvalue weighted by molar-refractivity contribution is -0.139. The lowest BCUT2D eigenvalue weighted by Crippen LogP contribution is -2.47. The van der Waals surface area contributed by atoms with Crippen molar-refractivity contribution in [3.05, 3.63) is 0 Å². The van der Waals surface area contributed by atoms with Gasteiger partial charge in [-0.05, 0) is 12.3 Å². The molecule has 7 nitrogen and oxygen atoms in total. The third-order valence-electron chi connectivity index (χ3n) is 2.60. The predicted octanol–water partition coefficient (Wildman–Crippen LogP) is 0.263. The van der Waals surface area contributed by atoms with Gasteiger partial charge in [-0.3, -0.25) is 4.79 Å². The Morgan fingerprint density at radius 2 is 1.84 bits per heavy atom. The Hall–Kier alpha value is -1.79. The highest BCUT2D eigenvalue weighted by molar-refractivity contribution is 5.83. The molecule has 110 valence electrons. The first-order valence-corrected chi connectivity index (χ1v) is 6.23. The van der Waals surface area contributed by atoms with Crippen molar-refractivity contribution in [3.63, 3.8) is 0 Å². The highest BCUT2D eigenvalue weighted by Crippen LogP contribution is 2.05. The largest absolute Gasteiger partial charge is 0.480 e. The number of carboxylic acid groups (broad SMARTS) is 1. The van der Waals surface area contributed by atoms with E-state index in [1.165, 1.54) is 19.0 Å². The zero-order chi connectivity index (χ0) is 15.0. The quantitative estimate of drug-likeness (QED) is 0.619. The van der Waals surface area contributed by atoms with Crippen LogP contribution in [0.5, 0.6) is 0 Å². The molecule has 0 aliphatic rings. The molecule has 3 amide bonds. The summed E-state index contributed by atoms with van der Waals surface area (Å²) in [5.41, 5.74) is 0. The zero-order valence-corrected chi connectivity index (χ0v) is 11.9. The van der Waals surface area contributed by atoms with Crippen molar-refractivity contribution in [1.29, 1.82) is 0 Å². The first-order valence-electron chi connectivity index (χ1n) is 6.23. The van der Waals surface area contributed by atoms with Crippen molar-refractivity contribution in [2.75, 3.05) is 20.6 Å². The van der Waals surface area contributed by atoms with Crippen LogP contribution in [0.2, 0.25) is 0 Å². The number of carbonyl (C=O) groups excluding carboxylic acids is 2. The summed E-state index contributed by atoms with van der Waals surface area (Å²) < 4.78 is 0. The van der Waals surface area contributed by atoms with E-state index < -0.39 is 18.0 Å². The van der Waals surface area contributed by atoms with Gasteiger partial charge in [0.25, 0.3) is 0 Å². The molecule has 3 N–H and O–H groups in total. The molecule has 0 rings (SSSR count). The predicted molar refractivity (Wildman–Crippen MR) is 70.7 cm³/mol. The molecule has 0 bridgehead atoms. The average molecular weight is 273 g/mol. The maximum Gasteiger partial charge on any atom is 0.326 e. The van der Waals surface area contributed by atoms with Crippen LogP contribution in [0.4, 0.5) is 4.79 Å². The first-order chi connectivity index (χ1) is 8.77. The molecular weight excluding hydrogens is 250 g/mol. The van der Waals surface area contributed by atoms with Gasteiger partial charge in [-0.15, -0.1) is 0 Å². The molecule has 1 atom stereocenters. The number of hydrogen-bond donors (Lipinski definition) is 3. The van der Waals surface area contributed by atoms with E-state index in [0.29, 0.717) is 6.42 Å². The molecule has 7 heteroatoms. The molecule has 0 saturated heterocycles. The van der Waals surface area contributed by atoms with E-state index in [-0.39, 0.29) is 24.8 Å². The molecule has 0 heterocycles. The number of hydrogen-bond acceptors (Lipinski definition) is 3. The van der Waals surface area contributed by atoms with Crippen molar-refractivity contribution in [2.45, 2.75) is 32.7 Å². The van der Waals surface area contributed by atoms with Gasteiger partial charge in [-0.25, -0.2) is 9.59 Å².